The minimum Gasteiger partial charge on any atom is -0.492 e. The Morgan fingerprint density at radius 3 is 2.64 bits per heavy atom. The smallest absolute Gasteiger partial charge is 0.275 e. The number of aromatic nitrogens is 2. The van der Waals surface area contributed by atoms with Gasteiger partial charge in [-0.25, -0.2) is 9.07 Å². The quantitative estimate of drug-likeness (QED) is 0.644. The number of nitrogens with zero attached hydrogens (tertiary/aromatic N) is 2. The van der Waals surface area contributed by atoms with E-state index in [2.05, 4.69) is 10.4 Å². The lowest BCUT2D eigenvalue weighted by molar-refractivity contribution is 0.0939. The van der Waals surface area contributed by atoms with Crippen LogP contribution < -0.4 is 15.5 Å². The van der Waals surface area contributed by atoms with Crippen molar-refractivity contribution in [1.82, 2.24) is 15.1 Å². The Labute approximate surface area is 165 Å². The van der Waals surface area contributed by atoms with Crippen molar-refractivity contribution in [2.24, 2.45) is 0 Å². The molecule has 1 N–H and O–H groups in total. The maximum Gasteiger partial charge on any atom is 0.275 e. The van der Waals surface area contributed by atoms with Crippen LogP contribution in [-0.4, -0.2) is 28.8 Å². The third-order valence-electron chi connectivity index (χ3n) is 3.87. The van der Waals surface area contributed by atoms with Crippen LogP contribution in [0.5, 0.6) is 5.75 Å². The summed E-state index contributed by atoms with van der Waals surface area (Å²) in [5.41, 5.74) is -0.292. The fourth-order valence-corrected chi connectivity index (χ4v) is 2.65. The van der Waals surface area contributed by atoms with Crippen LogP contribution in [0.25, 0.3) is 5.69 Å². The van der Waals surface area contributed by atoms with E-state index >= 15 is 0 Å². The van der Waals surface area contributed by atoms with Crippen molar-refractivity contribution >= 4 is 17.5 Å². The van der Waals surface area contributed by atoms with E-state index in [9.17, 15) is 14.0 Å². The SMILES string of the molecule is Cc1cc(=O)c(C(=O)NCCOc2ccc(Cl)cc2)nn1-c1ccccc1F. The third kappa shape index (κ3) is 4.55. The number of ether oxygens (including phenoxy) is 1. The molecule has 1 heterocycles. The van der Waals surface area contributed by atoms with Gasteiger partial charge in [-0.2, -0.15) is 5.10 Å². The van der Waals surface area contributed by atoms with Crippen molar-refractivity contribution < 1.29 is 13.9 Å². The number of benzene rings is 2. The van der Waals surface area contributed by atoms with Gasteiger partial charge in [0.1, 0.15) is 23.9 Å². The third-order valence-corrected chi connectivity index (χ3v) is 4.13. The van der Waals surface area contributed by atoms with Gasteiger partial charge in [-0.1, -0.05) is 23.7 Å². The van der Waals surface area contributed by atoms with Crippen LogP contribution in [0.3, 0.4) is 0 Å². The molecule has 2 aromatic carbocycles. The number of rotatable bonds is 6. The number of para-hydroxylation sites is 1. The number of halogens is 2. The Morgan fingerprint density at radius 2 is 1.93 bits per heavy atom. The Hall–Kier alpha value is -3.19. The molecule has 1 aromatic heterocycles. The molecule has 0 atom stereocenters. The zero-order valence-electron chi connectivity index (χ0n) is 15.0. The van der Waals surface area contributed by atoms with E-state index in [1.807, 2.05) is 0 Å². The van der Waals surface area contributed by atoms with Gasteiger partial charge < -0.3 is 10.1 Å². The summed E-state index contributed by atoms with van der Waals surface area (Å²) in [6, 6.07) is 14.0. The molecule has 0 fully saturated rings. The first-order valence-electron chi connectivity index (χ1n) is 8.48. The van der Waals surface area contributed by atoms with Gasteiger partial charge in [0, 0.05) is 16.8 Å². The molecule has 0 aliphatic heterocycles. The predicted octanol–water partition coefficient (Wildman–Crippen LogP) is 3.14. The summed E-state index contributed by atoms with van der Waals surface area (Å²) in [7, 11) is 0. The molecule has 28 heavy (non-hydrogen) atoms. The summed E-state index contributed by atoms with van der Waals surface area (Å²) in [6.45, 7) is 1.97. The van der Waals surface area contributed by atoms with Crippen molar-refractivity contribution in [3.05, 3.63) is 87.0 Å². The first-order chi connectivity index (χ1) is 13.5. The topological polar surface area (TPSA) is 73.2 Å². The van der Waals surface area contributed by atoms with Crippen LogP contribution in [0.2, 0.25) is 5.02 Å². The summed E-state index contributed by atoms with van der Waals surface area (Å²) in [4.78, 5) is 24.5. The minimum absolute atomic E-state index is 0.153. The largest absolute Gasteiger partial charge is 0.492 e. The van der Waals surface area contributed by atoms with Gasteiger partial charge in [-0.05, 0) is 43.3 Å². The van der Waals surface area contributed by atoms with E-state index in [-0.39, 0.29) is 24.5 Å². The highest BCUT2D eigenvalue weighted by atomic mass is 35.5. The van der Waals surface area contributed by atoms with Crippen LogP contribution in [-0.2, 0) is 0 Å². The van der Waals surface area contributed by atoms with Crippen molar-refractivity contribution in [1.29, 1.82) is 0 Å². The fourth-order valence-electron chi connectivity index (χ4n) is 2.52. The molecule has 0 saturated carbocycles. The number of carbonyl (C=O) groups is 1. The average Bonchev–Trinajstić information content (AvgIpc) is 2.67. The molecule has 3 aromatic rings. The zero-order chi connectivity index (χ0) is 20.1. The number of nitrogens with one attached hydrogen (secondary N) is 1. The number of amides is 1. The van der Waals surface area contributed by atoms with Gasteiger partial charge >= 0.3 is 0 Å². The Morgan fingerprint density at radius 1 is 1.21 bits per heavy atom. The van der Waals surface area contributed by atoms with E-state index in [1.165, 1.54) is 22.9 Å². The Bertz CT molecular complexity index is 1050. The maximum absolute atomic E-state index is 14.1. The van der Waals surface area contributed by atoms with Gasteiger partial charge in [-0.15, -0.1) is 0 Å². The molecule has 8 heteroatoms. The number of aryl methyl sites for hydroxylation is 1. The van der Waals surface area contributed by atoms with Crippen LogP contribution in [0.15, 0.2) is 59.4 Å². The summed E-state index contributed by atoms with van der Waals surface area (Å²) in [5.74, 6) is -0.562. The van der Waals surface area contributed by atoms with Crippen LogP contribution in [0.4, 0.5) is 4.39 Å². The molecule has 3 rings (SSSR count). The summed E-state index contributed by atoms with van der Waals surface area (Å²) in [5, 5.41) is 7.22. The average molecular weight is 402 g/mol. The molecule has 0 spiro atoms. The lowest BCUT2D eigenvalue weighted by Crippen LogP contribution is -2.34. The molecule has 0 saturated heterocycles. The normalized spacial score (nSPS) is 10.5. The number of hydrogen-bond acceptors (Lipinski definition) is 4. The van der Waals surface area contributed by atoms with Crippen LogP contribution >= 0.6 is 11.6 Å². The molecule has 0 aliphatic carbocycles. The van der Waals surface area contributed by atoms with Crippen molar-refractivity contribution in [3.63, 3.8) is 0 Å². The van der Waals surface area contributed by atoms with E-state index < -0.39 is 17.2 Å². The lowest BCUT2D eigenvalue weighted by Gasteiger charge is -2.12. The van der Waals surface area contributed by atoms with Gasteiger partial charge in [0.2, 0.25) is 5.43 Å². The van der Waals surface area contributed by atoms with Gasteiger partial charge in [0.15, 0.2) is 5.69 Å². The number of hydrogen-bond donors (Lipinski definition) is 1. The highest BCUT2D eigenvalue weighted by Gasteiger charge is 2.16. The van der Waals surface area contributed by atoms with Crippen molar-refractivity contribution in [2.75, 3.05) is 13.2 Å². The van der Waals surface area contributed by atoms with E-state index in [1.54, 1.807) is 43.3 Å². The lowest BCUT2D eigenvalue weighted by atomic mass is 10.2. The first kappa shape index (κ1) is 19.6. The van der Waals surface area contributed by atoms with Crippen LogP contribution in [0, 0.1) is 12.7 Å². The van der Waals surface area contributed by atoms with Crippen molar-refractivity contribution in [3.8, 4) is 11.4 Å². The first-order valence-corrected chi connectivity index (χ1v) is 8.86. The standard InChI is InChI=1S/C20H17ClFN3O3/c1-13-12-18(26)19(24-25(13)17-5-3-2-4-16(17)22)20(27)23-10-11-28-15-8-6-14(21)7-9-15/h2-9,12H,10-11H2,1H3,(H,23,27). The van der Waals surface area contributed by atoms with Gasteiger partial charge in [0.05, 0.1) is 6.54 Å². The fraction of sp³-hybridized carbons (Fsp3) is 0.150. The van der Waals surface area contributed by atoms with E-state index in [0.29, 0.717) is 16.5 Å². The highest BCUT2D eigenvalue weighted by molar-refractivity contribution is 6.30. The molecule has 0 unspecified atom stereocenters. The maximum atomic E-state index is 14.1. The molecular formula is C20H17ClFN3O3. The molecule has 6 nitrogen and oxygen atoms in total. The Kier molecular flexibility index (Phi) is 6.06. The second-order valence-electron chi connectivity index (χ2n) is 5.92. The molecule has 144 valence electrons. The zero-order valence-corrected chi connectivity index (χ0v) is 15.7. The van der Waals surface area contributed by atoms with Gasteiger partial charge in [0.25, 0.3) is 5.91 Å². The van der Waals surface area contributed by atoms with Gasteiger partial charge in [-0.3, -0.25) is 9.59 Å². The minimum atomic E-state index is -0.658. The second-order valence-corrected chi connectivity index (χ2v) is 6.36. The Balaban J connectivity index is 1.69. The summed E-state index contributed by atoms with van der Waals surface area (Å²) >= 11 is 5.80. The number of carbonyl (C=O) groups excluding carboxylic acids is 1. The van der Waals surface area contributed by atoms with E-state index in [4.69, 9.17) is 16.3 Å². The monoisotopic (exact) mass is 401 g/mol. The molecule has 0 aliphatic rings. The highest BCUT2D eigenvalue weighted by Crippen LogP contribution is 2.15. The molecular weight excluding hydrogens is 385 g/mol. The van der Waals surface area contributed by atoms with E-state index in [0.717, 1.165) is 0 Å². The second kappa shape index (κ2) is 8.67. The molecule has 1 amide bonds. The predicted molar refractivity (Wildman–Crippen MR) is 104 cm³/mol. The molecule has 0 radical (unpaired) electrons. The summed E-state index contributed by atoms with van der Waals surface area (Å²) in [6.07, 6.45) is 0. The summed E-state index contributed by atoms with van der Waals surface area (Å²) < 4.78 is 20.8. The van der Waals surface area contributed by atoms with Crippen LogP contribution in [0.1, 0.15) is 16.2 Å². The van der Waals surface area contributed by atoms with Crippen molar-refractivity contribution in [2.45, 2.75) is 6.92 Å². The molecule has 0 bridgehead atoms.